The Hall–Kier alpha value is -2.00. The molecule has 1 aromatic rings. The van der Waals surface area contributed by atoms with E-state index in [0.717, 1.165) is 23.3 Å². The van der Waals surface area contributed by atoms with Crippen LogP contribution in [-0.4, -0.2) is 54.6 Å². The highest BCUT2D eigenvalue weighted by Gasteiger charge is 2.29. The number of pyridine rings is 1. The van der Waals surface area contributed by atoms with Gasteiger partial charge in [-0.1, -0.05) is 6.07 Å². The molecule has 0 spiro atoms. The average Bonchev–Trinajstić information content (AvgIpc) is 2.64. The molecule has 2 aliphatic rings. The Kier molecular flexibility index (Phi) is 6.66. The number of aryl methyl sites for hydroxylation is 1. The summed E-state index contributed by atoms with van der Waals surface area (Å²) >= 11 is 0. The summed E-state index contributed by atoms with van der Waals surface area (Å²) in [6, 6.07) is 3.64. The van der Waals surface area contributed by atoms with E-state index in [4.69, 9.17) is 4.74 Å². The predicted molar refractivity (Wildman–Crippen MR) is 103 cm³/mol. The molecule has 2 fully saturated rings. The zero-order chi connectivity index (χ0) is 20.1. The summed E-state index contributed by atoms with van der Waals surface area (Å²) in [5.41, 5.74) is 1.07. The maximum atomic E-state index is 12.4. The van der Waals surface area contributed by atoms with Crippen molar-refractivity contribution in [2.24, 2.45) is 0 Å². The van der Waals surface area contributed by atoms with E-state index in [1.807, 2.05) is 19.1 Å². The minimum Gasteiger partial charge on any atom is -0.474 e. The van der Waals surface area contributed by atoms with Crippen LogP contribution in [0.25, 0.3) is 0 Å². The van der Waals surface area contributed by atoms with Gasteiger partial charge in [0.1, 0.15) is 6.10 Å². The molecule has 9 heteroatoms. The molecule has 3 rings (SSSR count). The fourth-order valence-electron chi connectivity index (χ4n) is 3.57. The van der Waals surface area contributed by atoms with E-state index in [9.17, 15) is 18.0 Å². The number of ether oxygens (including phenoxy) is 1. The molecule has 1 aromatic heterocycles. The highest BCUT2D eigenvalue weighted by Crippen LogP contribution is 2.23. The van der Waals surface area contributed by atoms with Crippen molar-refractivity contribution in [1.29, 1.82) is 0 Å². The Labute approximate surface area is 165 Å². The SMILES string of the molecule is Cc1ccc(OC2CCC(NS(=O)(=O)CCN3C(=O)CCCC3=O)CC2)nc1. The van der Waals surface area contributed by atoms with Gasteiger partial charge in [0.05, 0.1) is 5.75 Å². The largest absolute Gasteiger partial charge is 0.474 e. The molecule has 0 unspecified atom stereocenters. The molecular formula is C19H27N3O5S. The van der Waals surface area contributed by atoms with Crippen LogP contribution in [-0.2, 0) is 19.6 Å². The summed E-state index contributed by atoms with van der Waals surface area (Å²) in [5.74, 6) is -0.234. The molecule has 0 atom stereocenters. The van der Waals surface area contributed by atoms with Crippen LogP contribution < -0.4 is 9.46 Å². The molecule has 1 aliphatic heterocycles. The van der Waals surface area contributed by atoms with Crippen LogP contribution in [0.2, 0.25) is 0 Å². The van der Waals surface area contributed by atoms with E-state index < -0.39 is 10.0 Å². The number of rotatable bonds is 7. The Balaban J connectivity index is 1.43. The molecule has 154 valence electrons. The smallest absolute Gasteiger partial charge is 0.229 e. The number of aromatic nitrogens is 1. The third kappa shape index (κ3) is 5.75. The third-order valence-corrected chi connectivity index (χ3v) is 6.57. The van der Waals surface area contributed by atoms with Gasteiger partial charge in [-0.3, -0.25) is 14.5 Å². The number of likely N-dealkylation sites (tertiary alicyclic amines) is 1. The first-order valence-electron chi connectivity index (χ1n) is 9.75. The van der Waals surface area contributed by atoms with Crippen molar-refractivity contribution in [2.75, 3.05) is 12.3 Å². The monoisotopic (exact) mass is 409 g/mol. The zero-order valence-corrected chi connectivity index (χ0v) is 16.9. The average molecular weight is 410 g/mol. The summed E-state index contributed by atoms with van der Waals surface area (Å²) in [5, 5.41) is 0. The molecule has 1 aliphatic carbocycles. The highest BCUT2D eigenvalue weighted by atomic mass is 32.2. The first-order valence-corrected chi connectivity index (χ1v) is 11.4. The summed E-state index contributed by atoms with van der Waals surface area (Å²) < 4.78 is 33.3. The second-order valence-corrected chi connectivity index (χ2v) is 9.37. The van der Waals surface area contributed by atoms with Crippen LogP contribution >= 0.6 is 0 Å². The molecule has 2 amide bonds. The molecule has 2 heterocycles. The zero-order valence-electron chi connectivity index (χ0n) is 16.1. The lowest BCUT2D eigenvalue weighted by atomic mass is 9.94. The van der Waals surface area contributed by atoms with Gasteiger partial charge in [0.2, 0.25) is 27.7 Å². The number of sulfonamides is 1. The van der Waals surface area contributed by atoms with Gasteiger partial charge in [0.15, 0.2) is 0 Å². The first-order chi connectivity index (χ1) is 13.3. The normalized spacial score (nSPS) is 23.7. The van der Waals surface area contributed by atoms with Crippen molar-refractivity contribution in [3.8, 4) is 5.88 Å². The van der Waals surface area contributed by atoms with Crippen LogP contribution in [0, 0.1) is 6.92 Å². The van der Waals surface area contributed by atoms with Gasteiger partial charge >= 0.3 is 0 Å². The van der Waals surface area contributed by atoms with Gasteiger partial charge in [-0.25, -0.2) is 18.1 Å². The third-order valence-electron chi connectivity index (χ3n) is 5.16. The van der Waals surface area contributed by atoms with Gasteiger partial charge in [-0.05, 0) is 44.6 Å². The van der Waals surface area contributed by atoms with Gasteiger partial charge in [0.25, 0.3) is 0 Å². The van der Waals surface area contributed by atoms with E-state index in [0.29, 0.717) is 38.0 Å². The second kappa shape index (κ2) is 9.00. The number of hydrogen-bond acceptors (Lipinski definition) is 6. The van der Waals surface area contributed by atoms with E-state index in [2.05, 4.69) is 9.71 Å². The molecule has 1 saturated carbocycles. The van der Waals surface area contributed by atoms with E-state index >= 15 is 0 Å². The number of carbonyl (C=O) groups excluding carboxylic acids is 2. The Morgan fingerprint density at radius 3 is 2.43 bits per heavy atom. The Bertz CT molecular complexity index is 785. The van der Waals surface area contributed by atoms with Crippen molar-refractivity contribution in [3.05, 3.63) is 23.9 Å². The maximum Gasteiger partial charge on any atom is 0.229 e. The van der Waals surface area contributed by atoms with Crippen LogP contribution in [0.1, 0.15) is 50.5 Å². The topological polar surface area (TPSA) is 106 Å². The molecule has 1 saturated heterocycles. The molecule has 1 N–H and O–H groups in total. The fraction of sp³-hybridized carbons (Fsp3) is 0.632. The standard InChI is InChI=1S/C19H27N3O5S/c1-14-5-10-17(20-13-14)27-16-8-6-15(7-9-16)21-28(25,26)12-11-22-18(23)3-2-4-19(22)24/h5,10,13,15-16,21H,2-4,6-9,11-12H2,1H3. The number of amides is 2. The summed E-state index contributed by atoms with van der Waals surface area (Å²) in [6.45, 7) is 1.88. The van der Waals surface area contributed by atoms with E-state index in [1.165, 1.54) is 0 Å². The summed E-state index contributed by atoms with van der Waals surface area (Å²) in [7, 11) is -3.56. The highest BCUT2D eigenvalue weighted by molar-refractivity contribution is 7.89. The van der Waals surface area contributed by atoms with Gasteiger partial charge < -0.3 is 4.74 Å². The van der Waals surface area contributed by atoms with Crippen LogP contribution in [0.15, 0.2) is 18.3 Å². The maximum absolute atomic E-state index is 12.4. The number of hydrogen-bond donors (Lipinski definition) is 1. The van der Waals surface area contributed by atoms with Crippen LogP contribution in [0.5, 0.6) is 5.88 Å². The predicted octanol–water partition coefficient (Wildman–Crippen LogP) is 1.54. The minimum absolute atomic E-state index is 0.0274. The molecule has 8 nitrogen and oxygen atoms in total. The second-order valence-electron chi connectivity index (χ2n) is 7.49. The number of nitrogens with one attached hydrogen (secondary N) is 1. The molecule has 0 radical (unpaired) electrons. The molecule has 0 aromatic carbocycles. The Morgan fingerprint density at radius 2 is 1.82 bits per heavy atom. The van der Waals surface area contributed by atoms with Crippen molar-refractivity contribution >= 4 is 21.8 Å². The van der Waals surface area contributed by atoms with Gasteiger partial charge in [-0.15, -0.1) is 0 Å². The number of imide groups is 1. The lowest BCUT2D eigenvalue weighted by molar-refractivity contribution is -0.147. The molecule has 28 heavy (non-hydrogen) atoms. The van der Waals surface area contributed by atoms with E-state index in [-0.39, 0.29) is 36.3 Å². The van der Waals surface area contributed by atoms with Gasteiger partial charge in [0, 0.05) is 37.7 Å². The van der Waals surface area contributed by atoms with Gasteiger partial charge in [-0.2, -0.15) is 0 Å². The number of nitrogens with zero attached hydrogens (tertiary/aromatic N) is 2. The molecule has 0 bridgehead atoms. The van der Waals surface area contributed by atoms with Crippen molar-refractivity contribution in [2.45, 2.75) is 64.0 Å². The van der Waals surface area contributed by atoms with E-state index in [1.54, 1.807) is 6.20 Å². The summed E-state index contributed by atoms with van der Waals surface area (Å²) in [6.07, 6.45) is 5.78. The Morgan fingerprint density at radius 1 is 1.14 bits per heavy atom. The van der Waals surface area contributed by atoms with Crippen molar-refractivity contribution < 1.29 is 22.7 Å². The van der Waals surface area contributed by atoms with Crippen molar-refractivity contribution in [3.63, 3.8) is 0 Å². The first kappa shape index (κ1) is 20.7. The lowest BCUT2D eigenvalue weighted by Gasteiger charge is -2.29. The number of piperidine rings is 1. The van der Waals surface area contributed by atoms with Crippen LogP contribution in [0.3, 0.4) is 0 Å². The summed E-state index contributed by atoms with van der Waals surface area (Å²) in [4.78, 5) is 28.9. The quantitative estimate of drug-likeness (QED) is 0.685. The van der Waals surface area contributed by atoms with Crippen LogP contribution in [0.4, 0.5) is 0 Å². The lowest BCUT2D eigenvalue weighted by Crippen LogP contribution is -2.46. The number of carbonyl (C=O) groups is 2. The minimum atomic E-state index is -3.56. The fourth-order valence-corrected chi connectivity index (χ4v) is 4.85. The molecular weight excluding hydrogens is 382 g/mol. The van der Waals surface area contributed by atoms with Crippen molar-refractivity contribution in [1.82, 2.24) is 14.6 Å².